The highest BCUT2D eigenvalue weighted by Crippen LogP contribution is 2.31. The molecule has 0 aliphatic heterocycles. The molecule has 0 aliphatic rings. The van der Waals surface area contributed by atoms with E-state index in [1.165, 1.54) is 11.1 Å². The Morgan fingerprint density at radius 1 is 1.33 bits per heavy atom. The molecule has 0 radical (unpaired) electrons. The first kappa shape index (κ1) is 9.37. The lowest BCUT2D eigenvalue weighted by Crippen LogP contribution is -2.15. The van der Waals surface area contributed by atoms with Crippen LogP contribution in [0.5, 0.6) is 0 Å². The van der Waals surface area contributed by atoms with E-state index in [1.54, 1.807) is 0 Å². The van der Waals surface area contributed by atoms with Gasteiger partial charge in [0.1, 0.15) is 5.76 Å². The second-order valence-electron chi connectivity index (χ2n) is 4.11. The van der Waals surface area contributed by atoms with E-state index < -0.39 is 0 Å². The third-order valence-corrected chi connectivity index (χ3v) is 2.78. The average Bonchev–Trinajstić information content (AvgIpc) is 2.33. The second kappa shape index (κ2) is 2.96. The van der Waals surface area contributed by atoms with Crippen molar-refractivity contribution in [3.05, 3.63) is 23.2 Å². The highest BCUT2D eigenvalue weighted by atomic mass is 16.3. The molecule has 1 heterocycles. The van der Waals surface area contributed by atoms with Gasteiger partial charge in [-0.25, -0.2) is 0 Å². The first-order valence-electron chi connectivity index (χ1n) is 4.54. The van der Waals surface area contributed by atoms with Crippen molar-refractivity contribution >= 4 is 0 Å². The van der Waals surface area contributed by atoms with Crippen molar-refractivity contribution in [1.29, 1.82) is 0 Å². The summed E-state index contributed by atoms with van der Waals surface area (Å²) in [6.45, 7) is 10.9. The van der Waals surface area contributed by atoms with E-state index in [0.717, 1.165) is 12.2 Å². The van der Waals surface area contributed by atoms with Crippen molar-refractivity contribution < 1.29 is 4.42 Å². The van der Waals surface area contributed by atoms with Gasteiger partial charge in [-0.15, -0.1) is 0 Å². The lowest BCUT2D eigenvalue weighted by Gasteiger charge is -2.20. The Bertz CT molecular complexity index is 269. The van der Waals surface area contributed by atoms with Crippen LogP contribution in [-0.2, 0) is 5.41 Å². The molecule has 0 unspecified atom stereocenters. The molecule has 68 valence electrons. The van der Waals surface area contributed by atoms with Gasteiger partial charge in [0.15, 0.2) is 0 Å². The van der Waals surface area contributed by atoms with E-state index in [0.29, 0.717) is 0 Å². The normalized spacial score (nSPS) is 12.1. The van der Waals surface area contributed by atoms with Gasteiger partial charge in [-0.3, -0.25) is 0 Å². The number of rotatable bonds is 2. The molecule has 0 amide bonds. The predicted molar refractivity (Wildman–Crippen MR) is 51.5 cm³/mol. The van der Waals surface area contributed by atoms with Crippen LogP contribution in [0.25, 0.3) is 0 Å². The Morgan fingerprint density at radius 3 is 2.25 bits per heavy atom. The van der Waals surface area contributed by atoms with Crippen LogP contribution in [-0.4, -0.2) is 0 Å². The minimum atomic E-state index is 0.179. The van der Waals surface area contributed by atoms with Gasteiger partial charge in [0.25, 0.3) is 0 Å². The van der Waals surface area contributed by atoms with Crippen molar-refractivity contribution in [1.82, 2.24) is 0 Å². The fourth-order valence-corrected chi connectivity index (χ4v) is 1.33. The fourth-order valence-electron chi connectivity index (χ4n) is 1.33. The van der Waals surface area contributed by atoms with Crippen LogP contribution in [0.3, 0.4) is 0 Å². The number of aryl methyl sites for hydroxylation is 1. The fraction of sp³-hybridized carbons (Fsp3) is 0.636. The molecule has 0 fully saturated rings. The van der Waals surface area contributed by atoms with Gasteiger partial charge < -0.3 is 4.42 Å². The molecular formula is C11H18O. The smallest absolute Gasteiger partial charge is 0.112 e. The van der Waals surface area contributed by atoms with E-state index in [4.69, 9.17) is 4.42 Å². The van der Waals surface area contributed by atoms with E-state index in [1.807, 2.05) is 6.26 Å². The van der Waals surface area contributed by atoms with Crippen molar-refractivity contribution in [2.75, 3.05) is 0 Å². The molecule has 1 rings (SSSR count). The van der Waals surface area contributed by atoms with E-state index >= 15 is 0 Å². The summed E-state index contributed by atoms with van der Waals surface area (Å²) in [4.78, 5) is 0. The predicted octanol–water partition coefficient (Wildman–Crippen LogP) is 3.58. The molecule has 0 aromatic carbocycles. The zero-order chi connectivity index (χ0) is 9.35. The summed E-state index contributed by atoms with van der Waals surface area (Å²) < 4.78 is 5.55. The Labute approximate surface area is 74.8 Å². The van der Waals surface area contributed by atoms with Crippen LogP contribution >= 0.6 is 0 Å². The lowest BCUT2D eigenvalue weighted by atomic mass is 9.85. The molecule has 1 aromatic heterocycles. The molecule has 0 spiro atoms. The Balaban J connectivity index is 3.11. The van der Waals surface area contributed by atoms with Gasteiger partial charge in [-0.05, 0) is 31.4 Å². The molecule has 1 heteroatoms. The van der Waals surface area contributed by atoms with Gasteiger partial charge in [-0.2, -0.15) is 0 Å². The van der Waals surface area contributed by atoms with Crippen LogP contribution < -0.4 is 0 Å². The van der Waals surface area contributed by atoms with Crippen LogP contribution in [0.2, 0.25) is 0 Å². The van der Waals surface area contributed by atoms with Crippen LogP contribution in [0.15, 0.2) is 10.7 Å². The molecule has 12 heavy (non-hydrogen) atoms. The first-order valence-corrected chi connectivity index (χ1v) is 4.54. The van der Waals surface area contributed by atoms with Crippen LogP contribution in [0, 0.1) is 13.8 Å². The molecule has 0 saturated heterocycles. The summed E-state index contributed by atoms with van der Waals surface area (Å²) in [6, 6.07) is 0. The third-order valence-electron chi connectivity index (χ3n) is 2.78. The molecule has 0 aliphatic carbocycles. The maximum absolute atomic E-state index is 5.55. The quantitative estimate of drug-likeness (QED) is 0.654. The summed E-state index contributed by atoms with van der Waals surface area (Å²) >= 11 is 0. The minimum Gasteiger partial charge on any atom is -0.468 e. The molecule has 0 saturated carbocycles. The van der Waals surface area contributed by atoms with E-state index in [-0.39, 0.29) is 5.41 Å². The summed E-state index contributed by atoms with van der Waals surface area (Å²) in [6.07, 6.45) is 2.96. The maximum atomic E-state index is 5.55. The van der Waals surface area contributed by atoms with Gasteiger partial charge in [0.05, 0.1) is 6.26 Å². The largest absolute Gasteiger partial charge is 0.468 e. The molecule has 0 bridgehead atoms. The summed E-state index contributed by atoms with van der Waals surface area (Å²) in [5.41, 5.74) is 2.74. The number of hydrogen-bond acceptors (Lipinski definition) is 1. The van der Waals surface area contributed by atoms with Crippen molar-refractivity contribution in [3.8, 4) is 0 Å². The highest BCUT2D eigenvalue weighted by Gasteiger charge is 2.24. The van der Waals surface area contributed by atoms with Crippen molar-refractivity contribution in [3.63, 3.8) is 0 Å². The monoisotopic (exact) mass is 166 g/mol. The Morgan fingerprint density at radius 2 is 1.92 bits per heavy atom. The number of furan rings is 1. The zero-order valence-corrected chi connectivity index (χ0v) is 8.69. The first-order chi connectivity index (χ1) is 5.49. The van der Waals surface area contributed by atoms with Crippen LogP contribution in [0.1, 0.15) is 44.1 Å². The summed E-state index contributed by atoms with van der Waals surface area (Å²) in [7, 11) is 0. The Hall–Kier alpha value is -0.720. The van der Waals surface area contributed by atoms with Crippen molar-refractivity contribution in [2.24, 2.45) is 0 Å². The average molecular weight is 166 g/mol. The van der Waals surface area contributed by atoms with Gasteiger partial charge in [-0.1, -0.05) is 20.8 Å². The second-order valence-corrected chi connectivity index (χ2v) is 4.11. The van der Waals surface area contributed by atoms with E-state index in [2.05, 4.69) is 34.6 Å². The Kier molecular flexibility index (Phi) is 2.31. The van der Waals surface area contributed by atoms with E-state index in [9.17, 15) is 0 Å². The van der Waals surface area contributed by atoms with Gasteiger partial charge in [0, 0.05) is 5.41 Å². The highest BCUT2D eigenvalue weighted by molar-refractivity contribution is 5.29. The minimum absolute atomic E-state index is 0.179. The summed E-state index contributed by atoms with van der Waals surface area (Å²) in [5, 5.41) is 0. The molecule has 1 aromatic rings. The molecule has 0 N–H and O–H groups in total. The standard InChI is InChI=1S/C11H18O/c1-6-11(4,5)10-9(3)8(2)7-12-10/h7H,6H2,1-5H3. The van der Waals surface area contributed by atoms with Crippen LogP contribution in [0.4, 0.5) is 0 Å². The van der Waals surface area contributed by atoms with Gasteiger partial charge in [0.2, 0.25) is 0 Å². The summed E-state index contributed by atoms with van der Waals surface area (Å²) in [5.74, 6) is 1.14. The van der Waals surface area contributed by atoms with Crippen molar-refractivity contribution in [2.45, 2.75) is 46.5 Å². The molecule has 1 nitrogen and oxygen atoms in total. The topological polar surface area (TPSA) is 13.1 Å². The lowest BCUT2D eigenvalue weighted by molar-refractivity contribution is 0.372. The van der Waals surface area contributed by atoms with Gasteiger partial charge >= 0.3 is 0 Å². The SMILES string of the molecule is CCC(C)(C)c1occ(C)c1C. The maximum Gasteiger partial charge on any atom is 0.112 e. The molecular weight excluding hydrogens is 148 g/mol. The number of hydrogen-bond donors (Lipinski definition) is 0. The third kappa shape index (κ3) is 1.40. The molecule has 0 atom stereocenters. The zero-order valence-electron chi connectivity index (χ0n) is 8.69.